The summed E-state index contributed by atoms with van der Waals surface area (Å²) in [6.45, 7) is 3.48. The topological polar surface area (TPSA) is 89.7 Å². The van der Waals surface area contributed by atoms with Crippen molar-refractivity contribution in [3.63, 3.8) is 0 Å². The smallest absolute Gasteiger partial charge is 0.247 e. The number of benzene rings is 1. The van der Waals surface area contributed by atoms with Gasteiger partial charge in [-0.2, -0.15) is 5.10 Å². The minimum absolute atomic E-state index is 0.240. The monoisotopic (exact) mass is 373 g/mol. The summed E-state index contributed by atoms with van der Waals surface area (Å²) in [6.07, 6.45) is 8.55. The van der Waals surface area contributed by atoms with E-state index in [1.807, 2.05) is 55.3 Å². The first kappa shape index (κ1) is 17.5. The number of nitrogens with one attached hydrogen (secondary N) is 2. The maximum absolute atomic E-state index is 11.6. The van der Waals surface area contributed by atoms with Crippen LogP contribution in [0.3, 0.4) is 0 Å². The van der Waals surface area contributed by atoms with Crippen LogP contribution in [-0.2, 0) is 18.9 Å². The standard InChI is InChI=1S/C20H19N7O/c1-4-19(28)23-13-5-6-15-16(12-26(2)18(15)9-13)17-7-8-21-20(25-17)24-14-10-22-27(3)11-14/h4-12H,1H2,2-3H3,(H,23,28)(H,21,24,25). The van der Waals surface area contributed by atoms with Gasteiger partial charge in [0.15, 0.2) is 0 Å². The van der Waals surface area contributed by atoms with Gasteiger partial charge in [-0.1, -0.05) is 12.6 Å². The van der Waals surface area contributed by atoms with Crippen LogP contribution < -0.4 is 10.6 Å². The molecule has 8 nitrogen and oxygen atoms in total. The van der Waals surface area contributed by atoms with Crippen LogP contribution in [0.4, 0.5) is 17.3 Å². The molecular weight excluding hydrogens is 354 g/mol. The van der Waals surface area contributed by atoms with Gasteiger partial charge in [-0.3, -0.25) is 9.48 Å². The van der Waals surface area contributed by atoms with Gasteiger partial charge in [-0.05, 0) is 24.3 Å². The van der Waals surface area contributed by atoms with Crippen LogP contribution in [0.5, 0.6) is 0 Å². The van der Waals surface area contributed by atoms with Gasteiger partial charge in [-0.15, -0.1) is 0 Å². The average Bonchev–Trinajstić information content (AvgIpc) is 3.25. The summed E-state index contributed by atoms with van der Waals surface area (Å²) >= 11 is 0. The Bertz CT molecular complexity index is 1190. The normalized spacial score (nSPS) is 10.8. The maximum atomic E-state index is 11.6. The summed E-state index contributed by atoms with van der Waals surface area (Å²) in [5, 5.41) is 11.1. The van der Waals surface area contributed by atoms with E-state index < -0.39 is 0 Å². The first-order valence-corrected chi connectivity index (χ1v) is 8.65. The van der Waals surface area contributed by atoms with Crippen molar-refractivity contribution in [2.75, 3.05) is 10.6 Å². The number of hydrogen-bond acceptors (Lipinski definition) is 5. The fourth-order valence-electron chi connectivity index (χ4n) is 3.04. The molecule has 0 unspecified atom stereocenters. The Labute approximate surface area is 161 Å². The summed E-state index contributed by atoms with van der Waals surface area (Å²) in [6, 6.07) is 7.63. The fourth-order valence-corrected chi connectivity index (χ4v) is 3.04. The second kappa shape index (κ2) is 6.99. The fraction of sp³-hybridized carbons (Fsp3) is 0.100. The van der Waals surface area contributed by atoms with E-state index >= 15 is 0 Å². The molecule has 0 fully saturated rings. The summed E-state index contributed by atoms with van der Waals surface area (Å²) in [7, 11) is 3.81. The molecular formula is C20H19N7O. The Morgan fingerprint density at radius 2 is 2.04 bits per heavy atom. The lowest BCUT2D eigenvalue weighted by Crippen LogP contribution is -2.07. The maximum Gasteiger partial charge on any atom is 0.247 e. The van der Waals surface area contributed by atoms with Crippen molar-refractivity contribution in [2.24, 2.45) is 14.1 Å². The third-order valence-electron chi connectivity index (χ3n) is 4.34. The van der Waals surface area contributed by atoms with E-state index in [0.29, 0.717) is 11.6 Å². The predicted octanol–water partition coefficient (Wildman–Crippen LogP) is 3.24. The first-order chi connectivity index (χ1) is 13.5. The largest absolute Gasteiger partial charge is 0.350 e. The molecule has 0 saturated heterocycles. The number of rotatable bonds is 5. The molecule has 0 aliphatic carbocycles. The van der Waals surface area contributed by atoms with E-state index in [4.69, 9.17) is 0 Å². The van der Waals surface area contributed by atoms with Gasteiger partial charge in [-0.25, -0.2) is 9.97 Å². The summed E-state index contributed by atoms with van der Waals surface area (Å²) in [5.41, 5.74) is 4.30. The number of aromatic nitrogens is 5. The average molecular weight is 373 g/mol. The lowest BCUT2D eigenvalue weighted by Gasteiger charge is -2.05. The number of fused-ring (bicyclic) bond motifs is 1. The molecule has 1 amide bonds. The lowest BCUT2D eigenvalue weighted by atomic mass is 10.1. The molecule has 4 rings (SSSR count). The van der Waals surface area contributed by atoms with Crippen molar-refractivity contribution >= 4 is 34.1 Å². The van der Waals surface area contributed by atoms with Crippen LogP contribution in [0, 0.1) is 0 Å². The quantitative estimate of drug-likeness (QED) is 0.524. The van der Waals surface area contributed by atoms with Crippen molar-refractivity contribution in [3.8, 4) is 11.3 Å². The van der Waals surface area contributed by atoms with Crippen LogP contribution in [0.1, 0.15) is 0 Å². The van der Waals surface area contributed by atoms with E-state index in [0.717, 1.165) is 27.8 Å². The number of anilines is 3. The Hall–Kier alpha value is -3.94. The zero-order valence-corrected chi connectivity index (χ0v) is 15.5. The van der Waals surface area contributed by atoms with E-state index in [1.54, 1.807) is 17.1 Å². The first-order valence-electron chi connectivity index (χ1n) is 8.65. The summed E-state index contributed by atoms with van der Waals surface area (Å²) in [5.74, 6) is 0.257. The number of hydrogen-bond donors (Lipinski definition) is 2. The predicted molar refractivity (Wildman–Crippen MR) is 109 cm³/mol. The van der Waals surface area contributed by atoms with Gasteiger partial charge >= 0.3 is 0 Å². The molecule has 0 bridgehead atoms. The molecule has 4 aromatic rings. The molecule has 0 aliphatic heterocycles. The lowest BCUT2D eigenvalue weighted by molar-refractivity contribution is -0.111. The molecule has 2 N–H and O–H groups in total. The molecule has 0 radical (unpaired) electrons. The summed E-state index contributed by atoms with van der Waals surface area (Å²) < 4.78 is 3.71. The van der Waals surface area contributed by atoms with Crippen LogP contribution in [-0.4, -0.2) is 30.2 Å². The number of aryl methyl sites for hydroxylation is 2. The van der Waals surface area contributed by atoms with Crippen LogP contribution in [0.25, 0.3) is 22.2 Å². The molecule has 1 aromatic carbocycles. The van der Waals surface area contributed by atoms with Crippen molar-refractivity contribution in [3.05, 3.63) is 61.7 Å². The van der Waals surface area contributed by atoms with Crippen molar-refractivity contribution in [1.29, 1.82) is 0 Å². The zero-order chi connectivity index (χ0) is 19.7. The van der Waals surface area contributed by atoms with Crippen LogP contribution in [0.2, 0.25) is 0 Å². The second-order valence-corrected chi connectivity index (χ2v) is 6.37. The SMILES string of the molecule is C=CC(=O)Nc1ccc2c(-c3ccnc(Nc4cnn(C)c4)n3)cn(C)c2c1. The summed E-state index contributed by atoms with van der Waals surface area (Å²) in [4.78, 5) is 20.5. The van der Waals surface area contributed by atoms with Crippen molar-refractivity contribution in [2.45, 2.75) is 0 Å². The molecule has 0 saturated carbocycles. The molecule has 0 spiro atoms. The minimum Gasteiger partial charge on any atom is -0.350 e. The van der Waals surface area contributed by atoms with E-state index in [-0.39, 0.29) is 5.91 Å². The highest BCUT2D eigenvalue weighted by molar-refractivity contribution is 6.02. The third kappa shape index (κ3) is 3.35. The van der Waals surface area contributed by atoms with Gasteiger partial charge in [0, 0.05) is 49.3 Å². The molecule has 3 heterocycles. The van der Waals surface area contributed by atoms with E-state index in [1.165, 1.54) is 6.08 Å². The van der Waals surface area contributed by atoms with Gasteiger partial charge in [0.05, 0.1) is 23.1 Å². The molecule has 8 heteroatoms. The number of carbonyl (C=O) groups is 1. The Kier molecular flexibility index (Phi) is 4.36. The zero-order valence-electron chi connectivity index (χ0n) is 15.5. The van der Waals surface area contributed by atoms with Gasteiger partial charge in [0.25, 0.3) is 0 Å². The van der Waals surface area contributed by atoms with E-state index in [2.05, 4.69) is 32.3 Å². The molecule has 28 heavy (non-hydrogen) atoms. The minimum atomic E-state index is -0.240. The molecule has 3 aromatic heterocycles. The Balaban J connectivity index is 1.70. The van der Waals surface area contributed by atoms with Crippen molar-refractivity contribution < 1.29 is 4.79 Å². The second-order valence-electron chi connectivity index (χ2n) is 6.37. The molecule has 0 aliphatic rings. The highest BCUT2D eigenvalue weighted by Gasteiger charge is 2.12. The highest BCUT2D eigenvalue weighted by Crippen LogP contribution is 2.31. The third-order valence-corrected chi connectivity index (χ3v) is 4.34. The van der Waals surface area contributed by atoms with E-state index in [9.17, 15) is 4.79 Å². The Morgan fingerprint density at radius 1 is 1.18 bits per heavy atom. The number of amides is 1. The van der Waals surface area contributed by atoms with Gasteiger partial charge in [0.2, 0.25) is 11.9 Å². The number of carbonyl (C=O) groups excluding carboxylic acids is 1. The van der Waals surface area contributed by atoms with Crippen molar-refractivity contribution in [1.82, 2.24) is 24.3 Å². The van der Waals surface area contributed by atoms with Crippen LogP contribution in [0.15, 0.2) is 61.7 Å². The number of nitrogens with zero attached hydrogens (tertiary/aromatic N) is 5. The molecule has 140 valence electrons. The molecule has 0 atom stereocenters. The Morgan fingerprint density at radius 3 is 2.79 bits per heavy atom. The van der Waals surface area contributed by atoms with Crippen LogP contribution >= 0.6 is 0 Å². The van der Waals surface area contributed by atoms with Gasteiger partial charge < -0.3 is 15.2 Å². The van der Waals surface area contributed by atoms with Gasteiger partial charge in [0.1, 0.15) is 0 Å². The highest BCUT2D eigenvalue weighted by atomic mass is 16.1.